The molecular weight excluding hydrogens is 341 g/mol. The molecule has 0 aliphatic heterocycles. The van der Waals surface area contributed by atoms with Gasteiger partial charge < -0.3 is 0 Å². The molecule has 0 aliphatic carbocycles. The summed E-state index contributed by atoms with van der Waals surface area (Å²) in [5, 5.41) is 1.93. The highest BCUT2D eigenvalue weighted by Gasteiger charge is 2.12. The third-order valence-corrected chi connectivity index (χ3v) is 5.66. The maximum absolute atomic E-state index is 13.0. The largest absolute Gasteiger partial charge is 0.293 e. The molecule has 0 radical (unpaired) electrons. The van der Waals surface area contributed by atoms with E-state index in [1.807, 2.05) is 37.4 Å². The topological polar surface area (TPSA) is 30.0 Å². The Hall–Kier alpha value is -1.98. The van der Waals surface area contributed by atoms with Crippen LogP contribution in [0, 0.1) is 19.7 Å². The minimum atomic E-state index is -0.261. The number of rotatable bonds is 5. The molecule has 3 aromatic rings. The highest BCUT2D eigenvalue weighted by molar-refractivity contribution is 8.01. The number of carbonyl (C=O) groups excluding carboxylic acids is 1. The number of thioether (sulfide) groups is 1. The standard InChI is InChI=1S/C19H16FNOS2/c1-12-3-4-13(2)16(9-12)18(22)11-24-19-21-17(10-23-19)14-5-7-15(20)8-6-14/h3-10H,11H2,1-2H3. The number of nitrogens with zero attached hydrogens (tertiary/aromatic N) is 1. The summed E-state index contributed by atoms with van der Waals surface area (Å²) in [6.45, 7) is 3.94. The SMILES string of the molecule is Cc1ccc(C)c(C(=O)CSc2nc(-c3ccc(F)cc3)cs2)c1. The Morgan fingerprint density at radius 1 is 1.17 bits per heavy atom. The van der Waals surface area contributed by atoms with Crippen LogP contribution in [0.5, 0.6) is 0 Å². The van der Waals surface area contributed by atoms with E-state index in [-0.39, 0.29) is 11.6 Å². The van der Waals surface area contributed by atoms with Crippen molar-refractivity contribution in [3.8, 4) is 11.3 Å². The molecule has 0 saturated heterocycles. The molecule has 5 heteroatoms. The highest BCUT2D eigenvalue weighted by Crippen LogP contribution is 2.29. The molecule has 122 valence electrons. The number of aryl methyl sites for hydroxylation is 2. The molecule has 24 heavy (non-hydrogen) atoms. The zero-order valence-electron chi connectivity index (χ0n) is 13.4. The number of ketones is 1. The third kappa shape index (κ3) is 3.91. The third-order valence-electron chi connectivity index (χ3n) is 3.64. The summed E-state index contributed by atoms with van der Waals surface area (Å²) >= 11 is 2.94. The molecule has 0 amide bonds. The smallest absolute Gasteiger partial charge is 0.173 e. The molecule has 0 bridgehead atoms. The second-order valence-corrected chi connectivity index (χ2v) is 7.62. The van der Waals surface area contributed by atoms with Gasteiger partial charge in [0, 0.05) is 16.5 Å². The molecule has 1 aromatic heterocycles. The molecule has 3 rings (SSSR count). The average molecular weight is 357 g/mol. The first-order valence-corrected chi connectivity index (χ1v) is 9.34. The zero-order valence-corrected chi connectivity index (χ0v) is 15.0. The summed E-state index contributed by atoms with van der Waals surface area (Å²) in [6, 6.07) is 12.2. The Kier molecular flexibility index (Phi) is 5.11. The molecule has 0 unspecified atom stereocenters. The normalized spacial score (nSPS) is 10.8. The summed E-state index contributed by atoms with van der Waals surface area (Å²) in [5.74, 6) is 0.211. The number of halogens is 1. The van der Waals surface area contributed by atoms with Crippen LogP contribution in [0.2, 0.25) is 0 Å². The predicted molar refractivity (Wildman–Crippen MR) is 98.5 cm³/mol. The number of carbonyl (C=O) groups is 1. The maximum atomic E-state index is 13.0. The number of thiazole rings is 1. The van der Waals surface area contributed by atoms with Gasteiger partial charge in [-0.15, -0.1) is 11.3 Å². The fourth-order valence-electron chi connectivity index (χ4n) is 2.32. The summed E-state index contributed by atoms with van der Waals surface area (Å²) in [6.07, 6.45) is 0. The van der Waals surface area contributed by atoms with Crippen LogP contribution in [0.1, 0.15) is 21.5 Å². The van der Waals surface area contributed by atoms with Crippen molar-refractivity contribution in [2.75, 3.05) is 5.75 Å². The first kappa shape index (κ1) is 16.9. The fraction of sp³-hybridized carbons (Fsp3) is 0.158. The molecule has 0 spiro atoms. The van der Waals surface area contributed by atoms with Crippen molar-refractivity contribution >= 4 is 28.9 Å². The van der Waals surface area contributed by atoms with Crippen molar-refractivity contribution in [3.05, 3.63) is 70.4 Å². The lowest BCUT2D eigenvalue weighted by molar-refractivity contribution is 0.102. The van der Waals surface area contributed by atoms with Gasteiger partial charge in [0.05, 0.1) is 11.4 Å². The Labute approximate surface area is 148 Å². The van der Waals surface area contributed by atoms with Gasteiger partial charge in [-0.2, -0.15) is 0 Å². The lowest BCUT2D eigenvalue weighted by Gasteiger charge is -2.05. The van der Waals surface area contributed by atoms with Gasteiger partial charge in [-0.05, 0) is 49.7 Å². The Morgan fingerprint density at radius 3 is 2.67 bits per heavy atom. The van der Waals surface area contributed by atoms with E-state index >= 15 is 0 Å². The van der Waals surface area contributed by atoms with E-state index < -0.39 is 0 Å². The zero-order chi connectivity index (χ0) is 17.1. The summed E-state index contributed by atoms with van der Waals surface area (Å²) < 4.78 is 13.8. The van der Waals surface area contributed by atoms with Gasteiger partial charge in [-0.3, -0.25) is 4.79 Å². The van der Waals surface area contributed by atoms with Gasteiger partial charge in [0.25, 0.3) is 0 Å². The van der Waals surface area contributed by atoms with Gasteiger partial charge in [0.2, 0.25) is 0 Å². The van der Waals surface area contributed by atoms with Crippen molar-refractivity contribution in [2.24, 2.45) is 0 Å². The second kappa shape index (κ2) is 7.28. The maximum Gasteiger partial charge on any atom is 0.173 e. The summed E-state index contributed by atoms with van der Waals surface area (Å²) in [7, 11) is 0. The Balaban J connectivity index is 1.68. The van der Waals surface area contributed by atoms with Crippen LogP contribution in [0.3, 0.4) is 0 Å². The summed E-state index contributed by atoms with van der Waals surface area (Å²) in [5.41, 5.74) is 4.54. The number of aromatic nitrogens is 1. The van der Waals surface area contributed by atoms with Crippen molar-refractivity contribution in [2.45, 2.75) is 18.2 Å². The van der Waals surface area contributed by atoms with Crippen molar-refractivity contribution in [3.63, 3.8) is 0 Å². The van der Waals surface area contributed by atoms with Gasteiger partial charge in [-0.25, -0.2) is 9.37 Å². The van der Waals surface area contributed by atoms with E-state index in [1.165, 1.54) is 35.2 Å². The highest BCUT2D eigenvalue weighted by atomic mass is 32.2. The van der Waals surface area contributed by atoms with E-state index in [2.05, 4.69) is 4.98 Å². The molecule has 2 nitrogen and oxygen atoms in total. The van der Waals surface area contributed by atoms with Crippen LogP contribution in [-0.2, 0) is 0 Å². The van der Waals surface area contributed by atoms with Gasteiger partial charge in [0.15, 0.2) is 10.1 Å². The van der Waals surface area contributed by atoms with Crippen molar-refractivity contribution < 1.29 is 9.18 Å². The molecule has 0 aliphatic rings. The van der Waals surface area contributed by atoms with Crippen LogP contribution >= 0.6 is 23.1 Å². The van der Waals surface area contributed by atoms with Crippen molar-refractivity contribution in [1.29, 1.82) is 0 Å². The summed E-state index contributed by atoms with van der Waals surface area (Å²) in [4.78, 5) is 16.9. The minimum absolute atomic E-state index is 0.111. The number of benzene rings is 2. The first-order valence-electron chi connectivity index (χ1n) is 7.47. The predicted octanol–water partition coefficient (Wildman–Crippen LogP) is 5.54. The number of Topliss-reactive ketones (excluding diaryl/α,β-unsaturated/α-hetero) is 1. The lowest BCUT2D eigenvalue weighted by atomic mass is 10.0. The van der Waals surface area contributed by atoms with Gasteiger partial charge >= 0.3 is 0 Å². The van der Waals surface area contributed by atoms with E-state index in [1.54, 1.807) is 12.1 Å². The van der Waals surface area contributed by atoms with Crippen LogP contribution < -0.4 is 0 Å². The Bertz CT molecular complexity index is 871. The minimum Gasteiger partial charge on any atom is -0.293 e. The second-order valence-electron chi connectivity index (χ2n) is 5.54. The first-order chi connectivity index (χ1) is 11.5. The average Bonchev–Trinajstić information content (AvgIpc) is 3.04. The number of hydrogen-bond acceptors (Lipinski definition) is 4. The fourth-order valence-corrected chi connectivity index (χ4v) is 4.04. The lowest BCUT2D eigenvalue weighted by Crippen LogP contribution is -2.05. The van der Waals surface area contributed by atoms with E-state index in [9.17, 15) is 9.18 Å². The van der Waals surface area contributed by atoms with Crippen LogP contribution in [0.4, 0.5) is 4.39 Å². The van der Waals surface area contributed by atoms with Crippen LogP contribution in [-0.4, -0.2) is 16.5 Å². The van der Waals surface area contributed by atoms with Crippen LogP contribution in [0.25, 0.3) is 11.3 Å². The quantitative estimate of drug-likeness (QED) is 0.443. The molecule has 0 N–H and O–H groups in total. The monoisotopic (exact) mass is 357 g/mol. The van der Waals surface area contributed by atoms with E-state index in [0.717, 1.165) is 32.3 Å². The van der Waals surface area contributed by atoms with Crippen LogP contribution in [0.15, 0.2) is 52.2 Å². The Morgan fingerprint density at radius 2 is 1.92 bits per heavy atom. The van der Waals surface area contributed by atoms with Crippen molar-refractivity contribution in [1.82, 2.24) is 4.98 Å². The van der Waals surface area contributed by atoms with Gasteiger partial charge in [-0.1, -0.05) is 29.5 Å². The molecule has 0 atom stereocenters. The molecule has 2 aromatic carbocycles. The van der Waals surface area contributed by atoms with E-state index in [4.69, 9.17) is 0 Å². The molecule has 0 fully saturated rings. The number of hydrogen-bond donors (Lipinski definition) is 0. The van der Waals surface area contributed by atoms with Gasteiger partial charge in [0.1, 0.15) is 5.82 Å². The molecular formula is C19H16FNOS2. The van der Waals surface area contributed by atoms with E-state index in [0.29, 0.717) is 5.75 Å². The molecule has 0 saturated carbocycles. The molecule has 1 heterocycles.